The summed E-state index contributed by atoms with van der Waals surface area (Å²) < 4.78 is 1.72. The Bertz CT molecular complexity index is 538. The van der Waals surface area contributed by atoms with Crippen LogP contribution in [0.3, 0.4) is 0 Å². The lowest BCUT2D eigenvalue weighted by molar-refractivity contribution is 0.522. The van der Waals surface area contributed by atoms with Crippen LogP contribution in [0.4, 0.5) is 5.82 Å². The number of benzene rings is 1. The second-order valence-corrected chi connectivity index (χ2v) is 6.09. The molecule has 94 valence electrons. The summed E-state index contributed by atoms with van der Waals surface area (Å²) in [5, 5.41) is 5.26. The average molecular weight is 259 g/mol. The predicted molar refractivity (Wildman–Crippen MR) is 76.6 cm³/mol. The Hall–Kier alpha value is -1.42. The van der Waals surface area contributed by atoms with Gasteiger partial charge in [0.2, 0.25) is 0 Å². The summed E-state index contributed by atoms with van der Waals surface area (Å²) in [5.41, 5.74) is 8.03. The number of rotatable bonds is 3. The van der Waals surface area contributed by atoms with Crippen molar-refractivity contribution >= 4 is 17.6 Å². The monoisotopic (exact) mass is 259 g/mol. The highest BCUT2D eigenvalue weighted by molar-refractivity contribution is 8.00. The van der Waals surface area contributed by atoms with Crippen molar-refractivity contribution in [3.63, 3.8) is 0 Å². The van der Waals surface area contributed by atoms with Crippen molar-refractivity contribution < 1.29 is 0 Å². The van der Waals surface area contributed by atoms with Gasteiger partial charge in [0.1, 0.15) is 5.82 Å². The maximum Gasteiger partial charge on any atom is 0.121 e. The Kier molecular flexibility index (Phi) is 3.04. The number of hydrogen-bond donors (Lipinski definition) is 1. The molecule has 0 radical (unpaired) electrons. The zero-order valence-corrected chi connectivity index (χ0v) is 11.3. The molecule has 0 unspecified atom stereocenters. The highest BCUT2D eigenvalue weighted by atomic mass is 32.2. The van der Waals surface area contributed by atoms with E-state index >= 15 is 0 Å². The van der Waals surface area contributed by atoms with Crippen LogP contribution in [0.2, 0.25) is 0 Å². The summed E-state index contributed by atoms with van der Waals surface area (Å²) in [6.07, 6.45) is 4.04. The summed E-state index contributed by atoms with van der Waals surface area (Å²) in [5.74, 6) is 0.702. The first kappa shape index (κ1) is 11.7. The molecule has 1 aliphatic carbocycles. The number of nitrogens with two attached hydrogens (primary N) is 1. The van der Waals surface area contributed by atoms with E-state index in [1.54, 1.807) is 4.68 Å². The zero-order chi connectivity index (χ0) is 12.5. The molecule has 0 amide bonds. The van der Waals surface area contributed by atoms with Gasteiger partial charge in [0.25, 0.3) is 0 Å². The molecule has 0 spiro atoms. The maximum absolute atomic E-state index is 5.86. The molecule has 0 aliphatic heterocycles. The molecule has 1 aliphatic rings. The van der Waals surface area contributed by atoms with Gasteiger partial charge in [0.05, 0.1) is 5.69 Å². The Morgan fingerprint density at radius 3 is 2.72 bits per heavy atom. The quantitative estimate of drug-likeness (QED) is 0.919. The number of aryl methyl sites for hydroxylation is 1. The van der Waals surface area contributed by atoms with E-state index in [9.17, 15) is 0 Å². The number of nitrogens with zero attached hydrogens (tertiary/aromatic N) is 2. The lowest BCUT2D eigenvalue weighted by Crippen LogP contribution is -2.12. The van der Waals surface area contributed by atoms with Gasteiger partial charge in [-0.2, -0.15) is 5.10 Å². The van der Waals surface area contributed by atoms with Gasteiger partial charge in [-0.1, -0.05) is 24.6 Å². The van der Waals surface area contributed by atoms with Gasteiger partial charge in [-0.05, 0) is 18.9 Å². The molecular formula is C14H17N3S. The van der Waals surface area contributed by atoms with Crippen LogP contribution < -0.4 is 5.73 Å². The van der Waals surface area contributed by atoms with Crippen LogP contribution in [0.15, 0.2) is 35.2 Å². The number of nitrogen functional groups attached to an aromatic ring is 1. The van der Waals surface area contributed by atoms with Gasteiger partial charge >= 0.3 is 0 Å². The van der Waals surface area contributed by atoms with Crippen molar-refractivity contribution in [2.75, 3.05) is 5.73 Å². The molecule has 2 N–H and O–H groups in total. The summed E-state index contributed by atoms with van der Waals surface area (Å²) in [4.78, 5) is 1.32. The molecule has 1 aromatic heterocycles. The van der Waals surface area contributed by atoms with Crippen LogP contribution in [0, 0.1) is 0 Å². The molecular weight excluding hydrogens is 242 g/mol. The second kappa shape index (κ2) is 4.69. The first-order valence-electron chi connectivity index (χ1n) is 6.29. The number of aromatic nitrogens is 2. The van der Waals surface area contributed by atoms with E-state index in [1.807, 2.05) is 24.9 Å². The maximum atomic E-state index is 5.86. The molecule has 1 aromatic carbocycles. The van der Waals surface area contributed by atoms with Crippen molar-refractivity contribution in [3.8, 4) is 11.3 Å². The van der Waals surface area contributed by atoms with Gasteiger partial charge in [0.15, 0.2) is 0 Å². The first-order valence-corrected chi connectivity index (χ1v) is 7.17. The number of hydrogen-bond acceptors (Lipinski definition) is 3. The third-order valence-electron chi connectivity index (χ3n) is 3.42. The van der Waals surface area contributed by atoms with Gasteiger partial charge < -0.3 is 5.73 Å². The fourth-order valence-corrected chi connectivity index (χ4v) is 3.45. The fraction of sp³-hybridized carbons (Fsp3) is 0.357. The largest absolute Gasteiger partial charge is 0.384 e. The van der Waals surface area contributed by atoms with Crippen LogP contribution in [-0.4, -0.2) is 15.0 Å². The highest BCUT2D eigenvalue weighted by Gasteiger charge is 2.20. The van der Waals surface area contributed by atoms with Crippen LogP contribution in [0.5, 0.6) is 0 Å². The van der Waals surface area contributed by atoms with Crippen LogP contribution in [-0.2, 0) is 7.05 Å². The Morgan fingerprint density at radius 2 is 2.11 bits per heavy atom. The normalized spacial score (nSPS) is 15.6. The fourth-order valence-electron chi connectivity index (χ4n) is 2.06. The minimum absolute atomic E-state index is 0.702. The molecule has 2 aromatic rings. The Labute approximate surface area is 111 Å². The van der Waals surface area contributed by atoms with E-state index in [-0.39, 0.29) is 0 Å². The molecule has 1 saturated carbocycles. The minimum atomic E-state index is 0.702. The van der Waals surface area contributed by atoms with E-state index in [0.717, 1.165) is 10.9 Å². The van der Waals surface area contributed by atoms with E-state index in [2.05, 4.69) is 29.4 Å². The lowest BCUT2D eigenvalue weighted by Gasteiger charge is -2.25. The predicted octanol–water partition coefficient (Wildman–Crippen LogP) is 3.31. The second-order valence-electron chi connectivity index (χ2n) is 4.74. The van der Waals surface area contributed by atoms with Gasteiger partial charge in [-0.3, -0.25) is 4.68 Å². The molecule has 0 saturated heterocycles. The molecule has 0 atom stereocenters. The number of thioether (sulfide) groups is 1. The average Bonchev–Trinajstić information content (AvgIpc) is 2.65. The third kappa shape index (κ3) is 2.12. The minimum Gasteiger partial charge on any atom is -0.384 e. The molecule has 4 heteroatoms. The van der Waals surface area contributed by atoms with Crippen molar-refractivity contribution in [3.05, 3.63) is 30.3 Å². The smallest absolute Gasteiger partial charge is 0.121 e. The summed E-state index contributed by atoms with van der Waals surface area (Å²) in [6.45, 7) is 0. The molecule has 0 bridgehead atoms. The summed E-state index contributed by atoms with van der Waals surface area (Å²) in [7, 11) is 1.88. The molecule has 1 heterocycles. The number of anilines is 1. The van der Waals surface area contributed by atoms with Crippen molar-refractivity contribution in [2.24, 2.45) is 7.05 Å². The van der Waals surface area contributed by atoms with E-state index in [1.165, 1.54) is 29.7 Å². The van der Waals surface area contributed by atoms with Gasteiger partial charge in [0, 0.05) is 28.8 Å². The molecule has 3 rings (SSSR count). The SMILES string of the molecule is Cn1nc(-c2ccccc2SC2CCC2)cc1N. The zero-order valence-electron chi connectivity index (χ0n) is 10.5. The lowest BCUT2D eigenvalue weighted by atomic mass is 10.00. The van der Waals surface area contributed by atoms with Crippen LogP contribution in [0.25, 0.3) is 11.3 Å². The standard InChI is InChI=1S/C14H17N3S/c1-17-14(15)9-12(16-17)11-7-2-3-8-13(11)18-10-5-4-6-10/h2-3,7-10H,4-6,15H2,1H3. The van der Waals surface area contributed by atoms with E-state index in [4.69, 9.17) is 5.73 Å². The Morgan fingerprint density at radius 1 is 1.33 bits per heavy atom. The summed E-state index contributed by atoms with van der Waals surface area (Å²) >= 11 is 1.98. The topological polar surface area (TPSA) is 43.8 Å². The molecule has 3 nitrogen and oxygen atoms in total. The Balaban J connectivity index is 1.94. The van der Waals surface area contributed by atoms with E-state index < -0.39 is 0 Å². The molecule has 18 heavy (non-hydrogen) atoms. The van der Waals surface area contributed by atoms with Crippen LogP contribution >= 0.6 is 11.8 Å². The van der Waals surface area contributed by atoms with E-state index in [0.29, 0.717) is 5.82 Å². The van der Waals surface area contributed by atoms with Crippen LogP contribution in [0.1, 0.15) is 19.3 Å². The summed E-state index contributed by atoms with van der Waals surface area (Å²) in [6, 6.07) is 10.4. The third-order valence-corrected chi connectivity index (χ3v) is 4.84. The van der Waals surface area contributed by atoms with Crippen molar-refractivity contribution in [2.45, 2.75) is 29.4 Å². The van der Waals surface area contributed by atoms with Crippen molar-refractivity contribution in [1.82, 2.24) is 9.78 Å². The highest BCUT2D eigenvalue weighted by Crippen LogP contribution is 2.40. The molecule has 1 fully saturated rings. The van der Waals surface area contributed by atoms with Crippen molar-refractivity contribution in [1.29, 1.82) is 0 Å². The van der Waals surface area contributed by atoms with Gasteiger partial charge in [-0.25, -0.2) is 0 Å². The van der Waals surface area contributed by atoms with Gasteiger partial charge in [-0.15, -0.1) is 11.8 Å². The first-order chi connectivity index (χ1) is 8.74.